The summed E-state index contributed by atoms with van der Waals surface area (Å²) in [4.78, 5) is 43.5. The molecule has 4 amide bonds. The van der Waals surface area contributed by atoms with Gasteiger partial charge in [0.2, 0.25) is 5.91 Å². The first-order chi connectivity index (χ1) is 10.8. The molecule has 1 aromatic carbocycles. The Morgan fingerprint density at radius 3 is 2.57 bits per heavy atom. The summed E-state index contributed by atoms with van der Waals surface area (Å²) in [5.41, 5.74) is -0.365. The van der Waals surface area contributed by atoms with Crippen molar-refractivity contribution < 1.29 is 19.3 Å². The van der Waals surface area contributed by atoms with E-state index in [2.05, 4.69) is 5.32 Å². The zero-order valence-corrected chi connectivity index (χ0v) is 11.8. The van der Waals surface area contributed by atoms with Crippen molar-refractivity contribution in [2.45, 2.75) is 6.92 Å². The van der Waals surface area contributed by atoms with Crippen LogP contribution in [0.2, 0.25) is 0 Å². The molecule has 0 spiro atoms. The van der Waals surface area contributed by atoms with Crippen LogP contribution >= 0.6 is 0 Å². The minimum Gasteiger partial charge on any atom is -0.360 e. The van der Waals surface area contributed by atoms with Crippen LogP contribution in [0.25, 0.3) is 0 Å². The summed E-state index contributed by atoms with van der Waals surface area (Å²) < 4.78 is 0. The molecule has 0 saturated carbocycles. The SMILES string of the molecule is CC(=O)NC(=O)NC(=O)/C(C#N)=C\Nc1cccc([N+](=O)[O-])c1. The van der Waals surface area contributed by atoms with E-state index < -0.39 is 28.3 Å². The van der Waals surface area contributed by atoms with Crippen molar-refractivity contribution in [3.63, 3.8) is 0 Å². The number of nitrogens with zero attached hydrogens (tertiary/aromatic N) is 2. The Balaban J connectivity index is 2.80. The minimum absolute atomic E-state index is 0.174. The Kier molecular flexibility index (Phi) is 5.94. The van der Waals surface area contributed by atoms with Crippen molar-refractivity contribution in [3.05, 3.63) is 46.2 Å². The molecule has 0 heterocycles. The van der Waals surface area contributed by atoms with Crippen LogP contribution in [-0.2, 0) is 9.59 Å². The smallest absolute Gasteiger partial charge is 0.328 e. The Morgan fingerprint density at radius 1 is 1.30 bits per heavy atom. The molecule has 0 bridgehead atoms. The van der Waals surface area contributed by atoms with E-state index in [4.69, 9.17) is 5.26 Å². The van der Waals surface area contributed by atoms with Gasteiger partial charge in [-0.1, -0.05) is 6.07 Å². The summed E-state index contributed by atoms with van der Waals surface area (Å²) in [6, 6.07) is 5.86. The van der Waals surface area contributed by atoms with E-state index >= 15 is 0 Å². The molecule has 1 rings (SSSR count). The first-order valence-electron chi connectivity index (χ1n) is 6.07. The Bertz CT molecular complexity index is 735. The number of urea groups is 1. The molecule has 0 atom stereocenters. The second kappa shape index (κ2) is 7.89. The molecule has 0 aromatic heterocycles. The van der Waals surface area contributed by atoms with Gasteiger partial charge < -0.3 is 5.32 Å². The van der Waals surface area contributed by atoms with E-state index in [0.29, 0.717) is 0 Å². The normalized spacial score (nSPS) is 10.2. The van der Waals surface area contributed by atoms with E-state index in [9.17, 15) is 24.5 Å². The maximum Gasteiger partial charge on any atom is 0.328 e. The van der Waals surface area contributed by atoms with E-state index in [0.717, 1.165) is 13.1 Å². The second-order valence-corrected chi connectivity index (χ2v) is 4.09. The number of anilines is 1. The number of nitriles is 1. The summed E-state index contributed by atoms with van der Waals surface area (Å²) >= 11 is 0. The van der Waals surface area contributed by atoms with Gasteiger partial charge in [-0.3, -0.25) is 30.3 Å². The zero-order valence-electron chi connectivity index (χ0n) is 11.8. The lowest BCUT2D eigenvalue weighted by molar-refractivity contribution is -0.384. The number of amides is 4. The molecular weight excluding hydrogens is 306 g/mol. The fraction of sp³-hybridized carbons (Fsp3) is 0.0769. The minimum atomic E-state index is -1.07. The predicted molar refractivity (Wildman–Crippen MR) is 77.8 cm³/mol. The lowest BCUT2D eigenvalue weighted by Crippen LogP contribution is -2.42. The highest BCUT2D eigenvalue weighted by molar-refractivity contribution is 6.09. The lowest BCUT2D eigenvalue weighted by Gasteiger charge is -2.04. The van der Waals surface area contributed by atoms with Crippen LogP contribution in [0.15, 0.2) is 36.0 Å². The molecule has 0 aliphatic carbocycles. The third-order valence-corrected chi connectivity index (χ3v) is 2.32. The Hall–Kier alpha value is -3.74. The molecule has 1 aromatic rings. The number of carbonyl (C=O) groups excluding carboxylic acids is 3. The molecule has 10 heteroatoms. The van der Waals surface area contributed by atoms with E-state index in [-0.39, 0.29) is 11.4 Å². The van der Waals surface area contributed by atoms with Gasteiger partial charge in [-0.25, -0.2) is 4.79 Å². The van der Waals surface area contributed by atoms with E-state index in [1.54, 1.807) is 16.7 Å². The highest BCUT2D eigenvalue weighted by Gasteiger charge is 2.13. The van der Waals surface area contributed by atoms with Crippen LogP contribution in [0, 0.1) is 21.4 Å². The maximum absolute atomic E-state index is 11.6. The molecular formula is C13H11N5O5. The molecule has 0 fully saturated rings. The van der Waals surface area contributed by atoms with Crippen molar-refractivity contribution in [2.24, 2.45) is 0 Å². The predicted octanol–water partition coefficient (Wildman–Crippen LogP) is 0.786. The molecule has 118 valence electrons. The monoisotopic (exact) mass is 317 g/mol. The highest BCUT2D eigenvalue weighted by atomic mass is 16.6. The van der Waals surface area contributed by atoms with Gasteiger partial charge in [0.25, 0.3) is 11.6 Å². The number of nitrogens with one attached hydrogen (secondary N) is 3. The number of rotatable bonds is 4. The van der Waals surface area contributed by atoms with Crippen molar-refractivity contribution in [1.82, 2.24) is 10.6 Å². The summed E-state index contributed by atoms with van der Waals surface area (Å²) in [5, 5.41) is 25.6. The quantitative estimate of drug-likeness (QED) is 0.321. The number of nitro benzene ring substituents is 1. The summed E-state index contributed by atoms with van der Waals surface area (Å²) in [7, 11) is 0. The summed E-state index contributed by atoms with van der Waals surface area (Å²) in [6.45, 7) is 1.08. The van der Waals surface area contributed by atoms with Crippen LogP contribution in [-0.4, -0.2) is 22.8 Å². The van der Waals surface area contributed by atoms with Gasteiger partial charge in [0.05, 0.1) is 4.92 Å². The number of hydrogen-bond donors (Lipinski definition) is 3. The highest BCUT2D eigenvalue weighted by Crippen LogP contribution is 2.17. The molecule has 10 nitrogen and oxygen atoms in total. The van der Waals surface area contributed by atoms with Crippen molar-refractivity contribution in [3.8, 4) is 6.07 Å². The number of hydrogen-bond acceptors (Lipinski definition) is 7. The topological polar surface area (TPSA) is 154 Å². The van der Waals surface area contributed by atoms with Gasteiger partial charge in [-0.2, -0.15) is 5.26 Å². The molecule has 3 N–H and O–H groups in total. The van der Waals surface area contributed by atoms with Gasteiger partial charge in [0.1, 0.15) is 11.6 Å². The van der Waals surface area contributed by atoms with Crippen LogP contribution in [0.1, 0.15) is 6.92 Å². The van der Waals surface area contributed by atoms with Gasteiger partial charge in [0, 0.05) is 30.9 Å². The molecule has 0 aliphatic rings. The van der Waals surface area contributed by atoms with E-state index in [1.807, 2.05) is 0 Å². The summed E-state index contributed by atoms with van der Waals surface area (Å²) in [6.07, 6.45) is 0.982. The lowest BCUT2D eigenvalue weighted by atomic mass is 10.2. The van der Waals surface area contributed by atoms with Crippen LogP contribution < -0.4 is 16.0 Å². The largest absolute Gasteiger partial charge is 0.360 e. The summed E-state index contributed by atoms with van der Waals surface area (Å²) in [5.74, 6) is -1.71. The number of benzene rings is 1. The second-order valence-electron chi connectivity index (χ2n) is 4.09. The van der Waals surface area contributed by atoms with Gasteiger partial charge in [0.15, 0.2) is 0 Å². The number of non-ortho nitro benzene ring substituents is 1. The Labute approximate surface area is 129 Å². The first kappa shape index (κ1) is 17.3. The van der Waals surface area contributed by atoms with Crippen LogP contribution in [0.4, 0.5) is 16.2 Å². The number of imide groups is 2. The third-order valence-electron chi connectivity index (χ3n) is 2.32. The molecule has 0 aliphatic heterocycles. The fourth-order valence-corrected chi connectivity index (χ4v) is 1.37. The number of nitro groups is 1. The number of carbonyl (C=O) groups is 3. The average molecular weight is 317 g/mol. The maximum atomic E-state index is 11.6. The van der Waals surface area contributed by atoms with Gasteiger partial charge in [-0.15, -0.1) is 0 Å². The third kappa shape index (κ3) is 5.64. The molecule has 0 saturated heterocycles. The fourth-order valence-electron chi connectivity index (χ4n) is 1.37. The standard InChI is InChI=1S/C13H11N5O5/c1-8(19)16-13(21)17-12(20)9(6-14)7-15-10-3-2-4-11(5-10)18(22)23/h2-5,7,15H,1H3,(H2,16,17,19,20,21)/b9-7-. The average Bonchev–Trinajstić information content (AvgIpc) is 2.47. The first-order valence-corrected chi connectivity index (χ1v) is 6.07. The zero-order chi connectivity index (χ0) is 17.4. The van der Waals surface area contributed by atoms with Crippen LogP contribution in [0.3, 0.4) is 0 Å². The van der Waals surface area contributed by atoms with Gasteiger partial charge >= 0.3 is 6.03 Å². The van der Waals surface area contributed by atoms with Crippen LogP contribution in [0.5, 0.6) is 0 Å². The van der Waals surface area contributed by atoms with Gasteiger partial charge in [-0.05, 0) is 6.07 Å². The Morgan fingerprint density at radius 2 is 2.00 bits per heavy atom. The van der Waals surface area contributed by atoms with Crippen molar-refractivity contribution in [1.29, 1.82) is 5.26 Å². The molecule has 0 unspecified atom stereocenters. The van der Waals surface area contributed by atoms with E-state index in [1.165, 1.54) is 24.3 Å². The molecule has 0 radical (unpaired) electrons. The van der Waals surface area contributed by atoms with Crippen molar-refractivity contribution >= 4 is 29.2 Å². The molecule has 23 heavy (non-hydrogen) atoms. The van der Waals surface area contributed by atoms with Crippen molar-refractivity contribution in [2.75, 3.05) is 5.32 Å².